The molecule has 0 bridgehead atoms. The van der Waals surface area contributed by atoms with Crippen LogP contribution in [0.15, 0.2) is 85.1 Å². The highest BCUT2D eigenvalue weighted by Crippen LogP contribution is 2.26. The van der Waals surface area contributed by atoms with Crippen molar-refractivity contribution in [1.82, 2.24) is 20.6 Å². The zero-order valence-electron chi connectivity index (χ0n) is 16.7. The summed E-state index contributed by atoms with van der Waals surface area (Å²) in [4.78, 5) is 25.3. The van der Waals surface area contributed by atoms with E-state index >= 15 is 0 Å². The van der Waals surface area contributed by atoms with Crippen LogP contribution in [0.5, 0.6) is 5.75 Å². The van der Waals surface area contributed by atoms with E-state index in [0.717, 1.165) is 16.8 Å². The van der Waals surface area contributed by atoms with Crippen molar-refractivity contribution in [3.63, 3.8) is 0 Å². The van der Waals surface area contributed by atoms with Gasteiger partial charge in [-0.3, -0.25) is 20.4 Å². The molecule has 0 saturated carbocycles. The molecule has 0 spiro atoms. The number of nitrogens with one attached hydrogen (secondary N) is 2. The molecule has 7 nitrogen and oxygen atoms in total. The minimum absolute atomic E-state index is 0.0371. The van der Waals surface area contributed by atoms with E-state index in [2.05, 4.69) is 16.0 Å². The van der Waals surface area contributed by atoms with Crippen LogP contribution in [-0.2, 0) is 0 Å². The summed E-state index contributed by atoms with van der Waals surface area (Å²) in [6.45, 7) is 1.95. The summed E-state index contributed by atoms with van der Waals surface area (Å²) in [5, 5.41) is 14.2. The van der Waals surface area contributed by atoms with Gasteiger partial charge in [0, 0.05) is 17.3 Å². The van der Waals surface area contributed by atoms with Crippen molar-refractivity contribution in [3.05, 3.63) is 102 Å². The average Bonchev–Trinajstić information content (AvgIpc) is 3.23. The van der Waals surface area contributed by atoms with Crippen LogP contribution in [0.3, 0.4) is 0 Å². The number of aromatic hydroxyl groups is 1. The van der Waals surface area contributed by atoms with Crippen LogP contribution in [0, 0.1) is 6.92 Å². The largest absolute Gasteiger partial charge is 0.508 e. The van der Waals surface area contributed by atoms with Crippen molar-refractivity contribution in [1.29, 1.82) is 0 Å². The summed E-state index contributed by atoms with van der Waals surface area (Å²) in [6, 6.07) is 23.0. The minimum atomic E-state index is -0.544. The fourth-order valence-electron chi connectivity index (χ4n) is 3.19. The highest BCUT2D eigenvalue weighted by atomic mass is 16.3. The van der Waals surface area contributed by atoms with Crippen molar-refractivity contribution >= 4 is 11.8 Å². The number of phenols is 1. The predicted molar refractivity (Wildman–Crippen MR) is 117 cm³/mol. The summed E-state index contributed by atoms with van der Waals surface area (Å²) in [6.07, 6.45) is 1.63. The van der Waals surface area contributed by atoms with Gasteiger partial charge in [0.1, 0.15) is 11.4 Å². The molecule has 2 amide bonds. The molecule has 1 heterocycles. The third-order valence-corrected chi connectivity index (χ3v) is 4.78. The number of carbonyl (C=O) groups is 2. The Kier molecular flexibility index (Phi) is 5.49. The number of nitrogens with zero attached hydrogens (tertiary/aromatic N) is 2. The maximum absolute atomic E-state index is 13.0. The van der Waals surface area contributed by atoms with Crippen LogP contribution in [-0.4, -0.2) is 26.7 Å². The first-order valence-corrected chi connectivity index (χ1v) is 9.64. The fourth-order valence-corrected chi connectivity index (χ4v) is 3.19. The Hall–Kier alpha value is -4.39. The van der Waals surface area contributed by atoms with Gasteiger partial charge in [0.2, 0.25) is 0 Å². The quantitative estimate of drug-likeness (QED) is 0.446. The number of hydrogen-bond acceptors (Lipinski definition) is 4. The number of hydrazine groups is 1. The molecule has 0 fully saturated rings. The molecule has 0 aliphatic carbocycles. The van der Waals surface area contributed by atoms with E-state index in [1.54, 1.807) is 16.9 Å². The number of benzene rings is 3. The number of aromatic nitrogens is 2. The molecule has 154 valence electrons. The van der Waals surface area contributed by atoms with E-state index in [4.69, 9.17) is 0 Å². The molecular weight excluding hydrogens is 392 g/mol. The van der Waals surface area contributed by atoms with Gasteiger partial charge >= 0.3 is 0 Å². The van der Waals surface area contributed by atoms with Crippen molar-refractivity contribution in [2.45, 2.75) is 6.92 Å². The van der Waals surface area contributed by atoms with Crippen molar-refractivity contribution < 1.29 is 14.7 Å². The van der Waals surface area contributed by atoms with Gasteiger partial charge < -0.3 is 5.11 Å². The van der Waals surface area contributed by atoms with E-state index in [0.29, 0.717) is 11.3 Å². The van der Waals surface area contributed by atoms with Crippen LogP contribution in [0.2, 0.25) is 0 Å². The molecule has 3 aromatic carbocycles. The SMILES string of the molecule is Cc1ccccc1-c1nn(-c2ccccc2)cc1C(=O)NNC(=O)c1cccc(O)c1. The number of aryl methyl sites for hydroxylation is 1. The van der Waals surface area contributed by atoms with Gasteiger partial charge in [0.05, 0.1) is 11.3 Å². The Bertz CT molecular complexity index is 1250. The van der Waals surface area contributed by atoms with Gasteiger partial charge in [-0.1, -0.05) is 48.5 Å². The highest BCUT2D eigenvalue weighted by Gasteiger charge is 2.20. The zero-order valence-corrected chi connectivity index (χ0v) is 16.7. The van der Waals surface area contributed by atoms with Crippen LogP contribution in [0.1, 0.15) is 26.3 Å². The molecule has 4 aromatic rings. The van der Waals surface area contributed by atoms with Crippen LogP contribution >= 0.6 is 0 Å². The Balaban J connectivity index is 1.64. The molecule has 0 aliphatic rings. The molecule has 4 rings (SSSR count). The molecule has 31 heavy (non-hydrogen) atoms. The van der Waals surface area contributed by atoms with Gasteiger partial charge in [0.25, 0.3) is 11.8 Å². The van der Waals surface area contributed by atoms with Gasteiger partial charge in [-0.05, 0) is 42.8 Å². The summed E-state index contributed by atoms with van der Waals surface area (Å²) in [5.74, 6) is -1.09. The van der Waals surface area contributed by atoms with Crippen LogP contribution in [0.4, 0.5) is 0 Å². The minimum Gasteiger partial charge on any atom is -0.508 e. The molecular formula is C24H20N4O3. The molecule has 0 unspecified atom stereocenters. The van der Waals surface area contributed by atoms with Crippen molar-refractivity contribution in [3.8, 4) is 22.7 Å². The lowest BCUT2D eigenvalue weighted by Crippen LogP contribution is -2.41. The molecule has 0 saturated heterocycles. The highest BCUT2D eigenvalue weighted by molar-refractivity contribution is 6.02. The van der Waals surface area contributed by atoms with E-state index in [1.807, 2.05) is 61.5 Å². The standard InChI is InChI=1S/C24H20N4O3/c1-16-8-5-6-13-20(16)22-21(15-28(27-22)18-10-3-2-4-11-18)24(31)26-25-23(30)17-9-7-12-19(29)14-17/h2-15,29H,1H3,(H,25,30)(H,26,31). The molecule has 0 atom stereocenters. The average molecular weight is 412 g/mol. The second-order valence-electron chi connectivity index (χ2n) is 6.94. The first-order valence-electron chi connectivity index (χ1n) is 9.64. The Labute approximate surface area is 178 Å². The Morgan fingerprint density at radius 1 is 0.871 bits per heavy atom. The topological polar surface area (TPSA) is 96.3 Å². The van der Waals surface area contributed by atoms with E-state index < -0.39 is 11.8 Å². The molecule has 7 heteroatoms. The number of rotatable bonds is 4. The van der Waals surface area contributed by atoms with Crippen molar-refractivity contribution in [2.75, 3.05) is 0 Å². The predicted octanol–water partition coefficient (Wildman–Crippen LogP) is 3.63. The van der Waals surface area contributed by atoms with Gasteiger partial charge in [-0.15, -0.1) is 0 Å². The summed E-state index contributed by atoms with van der Waals surface area (Å²) in [5.41, 5.74) is 8.46. The Morgan fingerprint density at radius 3 is 2.32 bits per heavy atom. The number of hydrogen-bond donors (Lipinski definition) is 3. The molecule has 1 aromatic heterocycles. The molecule has 0 aliphatic heterocycles. The smallest absolute Gasteiger partial charge is 0.273 e. The summed E-state index contributed by atoms with van der Waals surface area (Å²) < 4.78 is 1.63. The lowest BCUT2D eigenvalue weighted by molar-refractivity contribution is 0.0847. The maximum Gasteiger partial charge on any atom is 0.273 e. The van der Waals surface area contributed by atoms with Gasteiger partial charge in [-0.2, -0.15) is 5.10 Å². The second kappa shape index (κ2) is 8.54. The normalized spacial score (nSPS) is 10.5. The van der Waals surface area contributed by atoms with Crippen LogP contribution in [0.25, 0.3) is 16.9 Å². The lowest BCUT2D eigenvalue weighted by atomic mass is 10.0. The van der Waals surface area contributed by atoms with E-state index in [1.165, 1.54) is 18.2 Å². The zero-order chi connectivity index (χ0) is 21.8. The van der Waals surface area contributed by atoms with Gasteiger partial charge in [-0.25, -0.2) is 4.68 Å². The maximum atomic E-state index is 13.0. The van der Waals surface area contributed by atoms with Gasteiger partial charge in [0.15, 0.2) is 0 Å². The number of amides is 2. The molecule has 0 radical (unpaired) electrons. The number of phenolic OH excluding ortho intramolecular Hbond substituents is 1. The van der Waals surface area contributed by atoms with Crippen molar-refractivity contribution in [2.24, 2.45) is 0 Å². The number of carbonyl (C=O) groups excluding carboxylic acids is 2. The first-order chi connectivity index (χ1) is 15.0. The summed E-state index contributed by atoms with van der Waals surface area (Å²) >= 11 is 0. The monoisotopic (exact) mass is 412 g/mol. The van der Waals surface area contributed by atoms with Crippen LogP contribution < -0.4 is 10.9 Å². The molecule has 3 N–H and O–H groups in total. The third kappa shape index (κ3) is 4.30. The Morgan fingerprint density at radius 2 is 1.58 bits per heavy atom. The first kappa shape index (κ1) is 19.9. The number of para-hydroxylation sites is 1. The summed E-state index contributed by atoms with van der Waals surface area (Å²) in [7, 11) is 0. The fraction of sp³-hybridized carbons (Fsp3) is 0.0417. The second-order valence-corrected chi connectivity index (χ2v) is 6.94. The van der Waals surface area contributed by atoms with E-state index in [-0.39, 0.29) is 11.3 Å². The van der Waals surface area contributed by atoms with E-state index in [9.17, 15) is 14.7 Å². The lowest BCUT2D eigenvalue weighted by Gasteiger charge is -2.08. The third-order valence-electron chi connectivity index (χ3n) is 4.78.